The van der Waals surface area contributed by atoms with E-state index >= 15 is 0 Å². The molecule has 0 radical (unpaired) electrons. The second-order valence-corrected chi connectivity index (χ2v) is 7.90. The average molecular weight is 387 g/mol. The summed E-state index contributed by atoms with van der Waals surface area (Å²) in [7, 11) is -3.58. The minimum Gasteiger partial charge on any atom is -0.481 e. The molecule has 8 heteroatoms. The van der Waals surface area contributed by atoms with E-state index in [0.717, 1.165) is 0 Å². The van der Waals surface area contributed by atoms with Gasteiger partial charge in [0.1, 0.15) is 5.75 Å². The molecule has 7 nitrogen and oxygen atoms in total. The molecule has 2 aromatic carbocycles. The Morgan fingerprint density at radius 2 is 1.63 bits per heavy atom. The zero-order valence-electron chi connectivity index (χ0n) is 15.3. The van der Waals surface area contributed by atoms with Crippen molar-refractivity contribution in [2.75, 3.05) is 5.32 Å². The topological polar surface area (TPSA) is 108 Å². The lowest BCUT2D eigenvalue weighted by Gasteiger charge is -2.15. The minimum atomic E-state index is -3.58. The predicted octanol–water partition coefficient (Wildman–Crippen LogP) is 2.65. The predicted molar refractivity (Wildman–Crippen MR) is 102 cm³/mol. The summed E-state index contributed by atoms with van der Waals surface area (Å²) in [5.41, 5.74) is 0.959. The number of sulfonamides is 1. The molecule has 0 heterocycles. The molecule has 0 spiro atoms. The van der Waals surface area contributed by atoms with E-state index in [9.17, 15) is 13.2 Å². The molecule has 0 saturated heterocycles. The highest BCUT2D eigenvalue weighted by Crippen LogP contribution is 2.17. The van der Waals surface area contributed by atoms with Crippen molar-refractivity contribution < 1.29 is 17.9 Å². The summed E-state index contributed by atoms with van der Waals surface area (Å²) >= 11 is 0. The van der Waals surface area contributed by atoms with Crippen LogP contribution in [0.15, 0.2) is 53.4 Å². The van der Waals surface area contributed by atoms with Crippen LogP contribution >= 0.6 is 0 Å². The Bertz CT molecular complexity index is 930. The van der Waals surface area contributed by atoms with Gasteiger partial charge < -0.3 is 10.1 Å². The van der Waals surface area contributed by atoms with Crippen LogP contribution in [0.1, 0.15) is 26.3 Å². The van der Waals surface area contributed by atoms with Crippen LogP contribution in [0.4, 0.5) is 5.69 Å². The van der Waals surface area contributed by atoms with Crippen molar-refractivity contribution in [2.45, 2.75) is 37.8 Å². The van der Waals surface area contributed by atoms with Crippen molar-refractivity contribution in [3.63, 3.8) is 0 Å². The fourth-order valence-corrected chi connectivity index (χ4v) is 3.46. The van der Waals surface area contributed by atoms with E-state index in [2.05, 4.69) is 10.0 Å². The fourth-order valence-electron chi connectivity index (χ4n) is 2.21. The number of rotatable bonds is 7. The Kier molecular flexibility index (Phi) is 6.55. The largest absolute Gasteiger partial charge is 0.481 e. The van der Waals surface area contributed by atoms with E-state index in [1.54, 1.807) is 45.0 Å². The first-order valence-electron chi connectivity index (χ1n) is 8.31. The van der Waals surface area contributed by atoms with Gasteiger partial charge in [-0.15, -0.1) is 0 Å². The van der Waals surface area contributed by atoms with E-state index in [0.29, 0.717) is 17.0 Å². The zero-order chi connectivity index (χ0) is 20.0. The van der Waals surface area contributed by atoms with E-state index in [-0.39, 0.29) is 16.8 Å². The van der Waals surface area contributed by atoms with Crippen molar-refractivity contribution in [1.82, 2.24) is 4.72 Å². The molecule has 0 aromatic heterocycles. The third-order valence-electron chi connectivity index (χ3n) is 3.49. The summed E-state index contributed by atoms with van der Waals surface area (Å²) in [6.07, 6.45) is -0.774. The van der Waals surface area contributed by atoms with Crippen LogP contribution in [-0.2, 0) is 14.8 Å². The number of ether oxygens (including phenoxy) is 1. The van der Waals surface area contributed by atoms with E-state index in [4.69, 9.17) is 10.00 Å². The Morgan fingerprint density at radius 1 is 1.04 bits per heavy atom. The Balaban J connectivity index is 1.99. The first kappa shape index (κ1) is 20.4. The number of nitrogens with one attached hydrogen (secondary N) is 2. The van der Waals surface area contributed by atoms with Crippen LogP contribution in [0.2, 0.25) is 0 Å². The molecule has 1 amide bonds. The Hall–Kier alpha value is -2.89. The maximum absolute atomic E-state index is 12.2. The third-order valence-corrected chi connectivity index (χ3v) is 5.16. The van der Waals surface area contributed by atoms with Crippen molar-refractivity contribution in [1.29, 1.82) is 5.26 Å². The van der Waals surface area contributed by atoms with Crippen LogP contribution in [-0.4, -0.2) is 26.5 Å². The minimum absolute atomic E-state index is 0.121. The molecule has 0 fully saturated rings. The van der Waals surface area contributed by atoms with Crippen molar-refractivity contribution in [3.05, 3.63) is 54.1 Å². The van der Waals surface area contributed by atoms with Crippen LogP contribution in [0.3, 0.4) is 0 Å². The van der Waals surface area contributed by atoms with Gasteiger partial charge in [-0.2, -0.15) is 5.26 Å². The zero-order valence-corrected chi connectivity index (χ0v) is 16.1. The fraction of sp³-hybridized carbons (Fsp3) is 0.263. The number of hydrogen-bond donors (Lipinski definition) is 2. The molecule has 2 aromatic rings. The van der Waals surface area contributed by atoms with E-state index in [1.165, 1.54) is 24.3 Å². The number of amides is 1. The van der Waals surface area contributed by atoms with Gasteiger partial charge in [0.25, 0.3) is 5.91 Å². The highest BCUT2D eigenvalue weighted by atomic mass is 32.2. The summed E-state index contributed by atoms with van der Waals surface area (Å²) in [4.78, 5) is 12.4. The van der Waals surface area contributed by atoms with Gasteiger partial charge in [-0.05, 0) is 69.3 Å². The lowest BCUT2D eigenvalue weighted by atomic mass is 10.2. The lowest BCUT2D eigenvalue weighted by molar-refractivity contribution is -0.122. The van der Waals surface area contributed by atoms with Gasteiger partial charge >= 0.3 is 0 Å². The van der Waals surface area contributed by atoms with Gasteiger partial charge in [0.15, 0.2) is 6.10 Å². The number of carbonyl (C=O) groups is 1. The quantitative estimate of drug-likeness (QED) is 0.759. The SMILES string of the molecule is CC(C)NS(=O)(=O)c1ccc(NC(=O)C(C)Oc2ccc(C#N)cc2)cc1. The molecule has 0 aliphatic rings. The molecule has 142 valence electrons. The molecule has 0 aliphatic carbocycles. The standard InChI is InChI=1S/C19H21N3O4S/c1-13(2)22-27(24,25)18-10-6-16(7-11-18)21-19(23)14(3)26-17-8-4-15(12-20)5-9-17/h4-11,13-14,22H,1-3H3,(H,21,23). The molecule has 2 rings (SSSR count). The van der Waals surface area contributed by atoms with Gasteiger partial charge in [-0.3, -0.25) is 4.79 Å². The molecular formula is C19H21N3O4S. The highest BCUT2D eigenvalue weighted by Gasteiger charge is 2.17. The van der Waals surface area contributed by atoms with Crippen LogP contribution < -0.4 is 14.8 Å². The first-order chi connectivity index (χ1) is 12.7. The van der Waals surface area contributed by atoms with Crippen molar-refractivity contribution in [2.24, 2.45) is 0 Å². The first-order valence-corrected chi connectivity index (χ1v) is 9.79. The maximum Gasteiger partial charge on any atom is 0.265 e. The van der Waals surface area contributed by atoms with Crippen LogP contribution in [0, 0.1) is 11.3 Å². The second-order valence-electron chi connectivity index (χ2n) is 6.19. The summed E-state index contributed by atoms with van der Waals surface area (Å²) in [6.45, 7) is 5.07. The van der Waals surface area contributed by atoms with E-state index in [1.807, 2.05) is 6.07 Å². The number of anilines is 1. The molecule has 1 atom stereocenters. The number of nitrogens with zero attached hydrogens (tertiary/aromatic N) is 1. The molecule has 1 unspecified atom stereocenters. The van der Waals surface area contributed by atoms with Crippen molar-refractivity contribution >= 4 is 21.6 Å². The Morgan fingerprint density at radius 3 is 2.15 bits per heavy atom. The molecule has 0 saturated carbocycles. The molecular weight excluding hydrogens is 366 g/mol. The third kappa shape index (κ3) is 5.81. The smallest absolute Gasteiger partial charge is 0.265 e. The summed E-state index contributed by atoms with van der Waals surface area (Å²) < 4.78 is 32.2. The lowest BCUT2D eigenvalue weighted by Crippen LogP contribution is -2.31. The van der Waals surface area contributed by atoms with Gasteiger partial charge in [-0.25, -0.2) is 13.1 Å². The highest BCUT2D eigenvalue weighted by molar-refractivity contribution is 7.89. The average Bonchev–Trinajstić information content (AvgIpc) is 2.61. The van der Waals surface area contributed by atoms with Crippen LogP contribution in [0.5, 0.6) is 5.75 Å². The molecule has 0 bridgehead atoms. The van der Waals surface area contributed by atoms with Crippen LogP contribution in [0.25, 0.3) is 0 Å². The number of nitriles is 1. The summed E-state index contributed by atoms with van der Waals surface area (Å²) in [6, 6.07) is 14.1. The van der Waals surface area contributed by atoms with Gasteiger partial charge in [0.2, 0.25) is 10.0 Å². The Labute approximate surface area is 159 Å². The number of benzene rings is 2. The maximum atomic E-state index is 12.2. The van der Waals surface area contributed by atoms with Crippen molar-refractivity contribution in [3.8, 4) is 11.8 Å². The number of hydrogen-bond acceptors (Lipinski definition) is 5. The van der Waals surface area contributed by atoms with Gasteiger partial charge in [0.05, 0.1) is 16.5 Å². The molecule has 27 heavy (non-hydrogen) atoms. The summed E-state index contributed by atoms with van der Waals surface area (Å²) in [5, 5.41) is 11.5. The number of carbonyl (C=O) groups excluding carboxylic acids is 1. The monoisotopic (exact) mass is 387 g/mol. The second kappa shape index (κ2) is 8.66. The van der Waals surface area contributed by atoms with Gasteiger partial charge in [0, 0.05) is 11.7 Å². The summed E-state index contributed by atoms with van der Waals surface area (Å²) in [5.74, 6) is 0.0909. The van der Waals surface area contributed by atoms with E-state index < -0.39 is 16.1 Å². The van der Waals surface area contributed by atoms with Gasteiger partial charge in [-0.1, -0.05) is 0 Å². The normalized spacial score (nSPS) is 12.3. The molecule has 2 N–H and O–H groups in total. The molecule has 0 aliphatic heterocycles.